The first kappa shape index (κ1) is 21.4. The summed E-state index contributed by atoms with van der Waals surface area (Å²) in [5, 5.41) is 4.63. The maximum atomic E-state index is 13.5. The van der Waals surface area contributed by atoms with Gasteiger partial charge in [-0.05, 0) is 36.6 Å². The van der Waals surface area contributed by atoms with Crippen LogP contribution in [0.15, 0.2) is 69.7 Å². The molecule has 1 aliphatic rings. The average Bonchev–Trinajstić information content (AvgIpc) is 3.51. The molecule has 2 aromatic carbocycles. The fourth-order valence-electron chi connectivity index (χ4n) is 4.10. The lowest BCUT2D eigenvalue weighted by Crippen LogP contribution is -2.39. The number of piperidine rings is 1. The molecule has 0 saturated carbocycles. The van der Waals surface area contributed by atoms with Crippen LogP contribution in [0.25, 0.3) is 11.3 Å². The number of nitrogens with zero attached hydrogens (tertiary/aromatic N) is 3. The van der Waals surface area contributed by atoms with E-state index in [0.717, 1.165) is 24.2 Å². The number of hydrogen-bond donors (Lipinski definition) is 0. The standard InChI is InChI=1S/C25H21ClFN3O3/c26-21-9-2-1-5-16(21)12-20-14-28-24(32-20)18-7-4-10-30(15-18)25(31)23-13-22(29-33-23)17-6-3-8-19(27)11-17/h1-3,5-6,8-9,11,13-14,18H,4,7,10,12,15H2. The summed E-state index contributed by atoms with van der Waals surface area (Å²) in [5.41, 5.74) is 1.95. The Morgan fingerprint density at radius 3 is 2.91 bits per heavy atom. The third-order valence-electron chi connectivity index (χ3n) is 5.79. The molecule has 1 atom stereocenters. The zero-order chi connectivity index (χ0) is 22.8. The topological polar surface area (TPSA) is 72.4 Å². The molecule has 0 N–H and O–H groups in total. The Kier molecular flexibility index (Phi) is 5.96. The number of amides is 1. The number of likely N-dealkylation sites (tertiary alicyclic amines) is 1. The summed E-state index contributed by atoms with van der Waals surface area (Å²) < 4.78 is 24.8. The fraction of sp³-hybridized carbons (Fsp3) is 0.240. The van der Waals surface area contributed by atoms with Crippen LogP contribution in [0.5, 0.6) is 0 Å². The molecule has 1 fully saturated rings. The summed E-state index contributed by atoms with van der Waals surface area (Å²) in [6.45, 7) is 1.08. The van der Waals surface area contributed by atoms with E-state index in [1.807, 2.05) is 24.3 Å². The number of benzene rings is 2. The van der Waals surface area contributed by atoms with E-state index in [1.165, 1.54) is 12.1 Å². The number of oxazole rings is 1. The van der Waals surface area contributed by atoms with Crippen molar-refractivity contribution < 1.29 is 18.1 Å². The maximum absolute atomic E-state index is 13.5. The molecule has 168 valence electrons. The molecule has 5 rings (SSSR count). The summed E-state index contributed by atoms with van der Waals surface area (Å²) in [7, 11) is 0. The Morgan fingerprint density at radius 2 is 2.06 bits per heavy atom. The number of carbonyl (C=O) groups is 1. The van der Waals surface area contributed by atoms with Gasteiger partial charge < -0.3 is 13.8 Å². The Labute approximate surface area is 195 Å². The number of aromatic nitrogens is 2. The largest absolute Gasteiger partial charge is 0.445 e. The van der Waals surface area contributed by atoms with Gasteiger partial charge in [-0.2, -0.15) is 0 Å². The number of hydrogen-bond acceptors (Lipinski definition) is 5. The van der Waals surface area contributed by atoms with E-state index < -0.39 is 0 Å². The zero-order valence-corrected chi connectivity index (χ0v) is 18.5. The fourth-order valence-corrected chi connectivity index (χ4v) is 4.30. The molecule has 0 bridgehead atoms. The van der Waals surface area contributed by atoms with Gasteiger partial charge in [-0.15, -0.1) is 0 Å². The number of halogens is 2. The average molecular weight is 466 g/mol. The third-order valence-corrected chi connectivity index (χ3v) is 6.16. The Hall–Kier alpha value is -3.45. The molecular formula is C25H21ClFN3O3. The first-order valence-electron chi connectivity index (χ1n) is 10.8. The molecule has 3 heterocycles. The highest BCUT2D eigenvalue weighted by atomic mass is 35.5. The van der Waals surface area contributed by atoms with Crippen LogP contribution in [-0.4, -0.2) is 34.0 Å². The molecule has 0 radical (unpaired) electrons. The van der Waals surface area contributed by atoms with Crippen LogP contribution < -0.4 is 0 Å². The van der Waals surface area contributed by atoms with Gasteiger partial charge in [-0.1, -0.05) is 47.1 Å². The highest BCUT2D eigenvalue weighted by Crippen LogP contribution is 2.29. The van der Waals surface area contributed by atoms with E-state index in [1.54, 1.807) is 29.3 Å². The molecule has 0 aliphatic carbocycles. The molecule has 0 spiro atoms. The van der Waals surface area contributed by atoms with Crippen molar-refractivity contribution >= 4 is 17.5 Å². The number of rotatable bonds is 5. The molecule has 8 heteroatoms. The first-order chi connectivity index (χ1) is 16.1. The van der Waals surface area contributed by atoms with Gasteiger partial charge in [-0.25, -0.2) is 9.37 Å². The predicted octanol–water partition coefficient (Wildman–Crippen LogP) is 5.73. The Morgan fingerprint density at radius 1 is 1.18 bits per heavy atom. The second kappa shape index (κ2) is 9.19. The van der Waals surface area contributed by atoms with Gasteiger partial charge in [0.1, 0.15) is 17.3 Å². The van der Waals surface area contributed by atoms with Crippen LogP contribution in [0, 0.1) is 5.82 Å². The van der Waals surface area contributed by atoms with Crippen molar-refractivity contribution in [1.82, 2.24) is 15.0 Å². The van der Waals surface area contributed by atoms with Crippen LogP contribution in [0.4, 0.5) is 4.39 Å². The molecule has 33 heavy (non-hydrogen) atoms. The van der Waals surface area contributed by atoms with E-state index in [-0.39, 0.29) is 23.4 Å². The maximum Gasteiger partial charge on any atom is 0.292 e. The molecule has 1 unspecified atom stereocenters. The van der Waals surface area contributed by atoms with E-state index >= 15 is 0 Å². The lowest BCUT2D eigenvalue weighted by Gasteiger charge is -2.30. The minimum absolute atomic E-state index is 0.00620. The molecule has 1 saturated heterocycles. The van der Waals surface area contributed by atoms with Crippen LogP contribution in [0.2, 0.25) is 5.02 Å². The van der Waals surface area contributed by atoms with Crippen molar-refractivity contribution in [2.75, 3.05) is 13.1 Å². The van der Waals surface area contributed by atoms with Crippen LogP contribution in [0.1, 0.15) is 46.5 Å². The Balaban J connectivity index is 1.27. The van der Waals surface area contributed by atoms with E-state index in [0.29, 0.717) is 41.7 Å². The summed E-state index contributed by atoms with van der Waals surface area (Å²) >= 11 is 6.25. The van der Waals surface area contributed by atoms with Gasteiger partial charge >= 0.3 is 0 Å². The minimum Gasteiger partial charge on any atom is -0.445 e. The van der Waals surface area contributed by atoms with Crippen LogP contribution >= 0.6 is 11.6 Å². The van der Waals surface area contributed by atoms with Gasteiger partial charge in [-0.3, -0.25) is 4.79 Å². The summed E-state index contributed by atoms with van der Waals surface area (Å²) in [6.07, 6.45) is 3.98. The van der Waals surface area contributed by atoms with Crippen molar-refractivity contribution in [3.8, 4) is 11.3 Å². The molecule has 6 nitrogen and oxygen atoms in total. The molecule has 1 aliphatic heterocycles. The molecule has 2 aromatic heterocycles. The lowest BCUT2D eigenvalue weighted by molar-refractivity contribution is 0.0656. The highest BCUT2D eigenvalue weighted by Gasteiger charge is 2.30. The monoisotopic (exact) mass is 465 g/mol. The minimum atomic E-state index is -0.373. The Bertz CT molecular complexity index is 1290. The quantitative estimate of drug-likeness (QED) is 0.376. The van der Waals surface area contributed by atoms with Crippen LogP contribution in [-0.2, 0) is 6.42 Å². The lowest BCUT2D eigenvalue weighted by atomic mass is 9.98. The van der Waals surface area contributed by atoms with Crippen molar-refractivity contribution in [2.24, 2.45) is 0 Å². The van der Waals surface area contributed by atoms with Crippen molar-refractivity contribution in [3.05, 3.63) is 94.6 Å². The van der Waals surface area contributed by atoms with Crippen molar-refractivity contribution in [1.29, 1.82) is 0 Å². The van der Waals surface area contributed by atoms with Gasteiger partial charge in [0.05, 0.1) is 12.1 Å². The van der Waals surface area contributed by atoms with Gasteiger partial charge in [0.25, 0.3) is 5.91 Å². The SMILES string of the molecule is O=C(c1cc(-c2cccc(F)c2)no1)N1CCCC(c2ncc(Cc3ccccc3Cl)o2)C1. The first-order valence-corrected chi connectivity index (χ1v) is 11.1. The van der Waals surface area contributed by atoms with Crippen LogP contribution in [0.3, 0.4) is 0 Å². The summed E-state index contributed by atoms with van der Waals surface area (Å²) in [6, 6.07) is 15.2. The van der Waals surface area contributed by atoms with E-state index in [2.05, 4.69) is 10.1 Å². The smallest absolute Gasteiger partial charge is 0.292 e. The number of carbonyl (C=O) groups excluding carboxylic acids is 1. The van der Waals surface area contributed by atoms with Gasteiger partial charge in [0.2, 0.25) is 5.76 Å². The molecular weight excluding hydrogens is 445 g/mol. The van der Waals surface area contributed by atoms with Crippen molar-refractivity contribution in [2.45, 2.75) is 25.2 Å². The van der Waals surface area contributed by atoms with E-state index in [4.69, 9.17) is 20.5 Å². The van der Waals surface area contributed by atoms with Gasteiger partial charge in [0.15, 0.2) is 5.89 Å². The van der Waals surface area contributed by atoms with E-state index in [9.17, 15) is 9.18 Å². The second-order valence-electron chi connectivity index (χ2n) is 8.11. The molecule has 4 aromatic rings. The molecule has 1 amide bonds. The predicted molar refractivity (Wildman–Crippen MR) is 121 cm³/mol. The normalized spacial score (nSPS) is 16.2. The van der Waals surface area contributed by atoms with Gasteiger partial charge in [0, 0.05) is 36.2 Å². The van der Waals surface area contributed by atoms with Crippen molar-refractivity contribution in [3.63, 3.8) is 0 Å². The second-order valence-corrected chi connectivity index (χ2v) is 8.52. The summed E-state index contributed by atoms with van der Waals surface area (Å²) in [5.74, 6) is 0.846. The zero-order valence-electron chi connectivity index (χ0n) is 17.7. The highest BCUT2D eigenvalue weighted by molar-refractivity contribution is 6.31. The third kappa shape index (κ3) is 4.68. The summed E-state index contributed by atoms with van der Waals surface area (Å²) in [4.78, 5) is 19.2.